The topological polar surface area (TPSA) is 90.2 Å². The second kappa shape index (κ2) is 12.3. The normalized spacial score (nSPS) is 14.5. The highest BCUT2D eigenvalue weighted by Crippen LogP contribution is 2.34. The summed E-state index contributed by atoms with van der Waals surface area (Å²) in [6, 6.07) is 15.1. The van der Waals surface area contributed by atoms with Crippen molar-refractivity contribution < 1.29 is 28.2 Å². The Morgan fingerprint density at radius 3 is 2.30 bits per heavy atom. The minimum absolute atomic E-state index is 0.0745. The third-order valence-corrected chi connectivity index (χ3v) is 6.74. The van der Waals surface area contributed by atoms with E-state index in [1.165, 1.54) is 12.7 Å². The van der Waals surface area contributed by atoms with Crippen molar-refractivity contribution in [3.63, 3.8) is 0 Å². The van der Waals surface area contributed by atoms with E-state index >= 15 is 0 Å². The number of furan rings is 1. The lowest BCUT2D eigenvalue weighted by Gasteiger charge is -2.33. The van der Waals surface area contributed by atoms with Gasteiger partial charge in [0.2, 0.25) is 5.91 Å². The molecular weight excluding hydrogens is 472 g/mol. The second-order valence-corrected chi connectivity index (χ2v) is 9.12. The average molecular weight is 507 g/mol. The van der Waals surface area contributed by atoms with Crippen molar-refractivity contribution >= 4 is 11.8 Å². The number of nitrogens with zero attached hydrogens (tertiary/aromatic N) is 1. The van der Waals surface area contributed by atoms with Gasteiger partial charge in [-0.2, -0.15) is 0 Å². The molecular formula is C29H34N2O6. The molecule has 2 amide bonds. The standard InChI is InChI=1S/C29H34N2O6/c1-34-23-14-11-20(12-15-23)19-31(29(33)25-10-7-17-37-25)27(28(32)30-22-8-5-4-6-9-22)21-13-16-24(35-2)26(18-21)36-3/h7,10-18,22,27H,4-6,8-9,19H2,1-3H3,(H,30,32)/t27-/m1/s1. The Kier molecular flexibility index (Phi) is 8.72. The van der Waals surface area contributed by atoms with E-state index in [4.69, 9.17) is 18.6 Å². The molecule has 1 fully saturated rings. The number of hydrogen-bond acceptors (Lipinski definition) is 6. The maximum absolute atomic E-state index is 13.9. The van der Waals surface area contributed by atoms with Crippen molar-refractivity contribution in [1.82, 2.24) is 10.2 Å². The fourth-order valence-electron chi connectivity index (χ4n) is 4.77. The molecule has 3 aromatic rings. The number of ether oxygens (including phenoxy) is 3. The number of carbonyl (C=O) groups is 2. The number of hydrogen-bond donors (Lipinski definition) is 1. The zero-order valence-corrected chi connectivity index (χ0v) is 21.6. The van der Waals surface area contributed by atoms with Crippen LogP contribution in [-0.2, 0) is 11.3 Å². The fraction of sp³-hybridized carbons (Fsp3) is 0.379. The van der Waals surface area contributed by atoms with Crippen LogP contribution in [0.25, 0.3) is 0 Å². The molecule has 0 spiro atoms. The van der Waals surface area contributed by atoms with Crippen LogP contribution in [0, 0.1) is 0 Å². The maximum atomic E-state index is 13.9. The van der Waals surface area contributed by atoms with E-state index in [-0.39, 0.29) is 30.2 Å². The van der Waals surface area contributed by atoms with Gasteiger partial charge in [-0.25, -0.2) is 0 Å². The predicted octanol–water partition coefficient (Wildman–Crippen LogP) is 5.14. The molecule has 37 heavy (non-hydrogen) atoms. The predicted molar refractivity (Wildman–Crippen MR) is 139 cm³/mol. The summed E-state index contributed by atoms with van der Waals surface area (Å²) in [6.07, 6.45) is 6.63. The quantitative estimate of drug-likeness (QED) is 0.410. The lowest BCUT2D eigenvalue weighted by molar-refractivity contribution is -0.127. The van der Waals surface area contributed by atoms with Crippen LogP contribution in [0.2, 0.25) is 0 Å². The number of benzene rings is 2. The molecule has 1 atom stereocenters. The van der Waals surface area contributed by atoms with Gasteiger partial charge in [0.1, 0.15) is 11.8 Å². The van der Waals surface area contributed by atoms with E-state index in [1.54, 1.807) is 56.6 Å². The molecule has 0 saturated heterocycles. The summed E-state index contributed by atoms with van der Waals surface area (Å²) in [5.74, 6) is 1.25. The number of amides is 2. The van der Waals surface area contributed by atoms with Crippen LogP contribution in [0.3, 0.4) is 0 Å². The van der Waals surface area contributed by atoms with E-state index in [0.29, 0.717) is 22.8 Å². The molecule has 1 heterocycles. The summed E-state index contributed by atoms with van der Waals surface area (Å²) in [7, 11) is 4.70. The molecule has 0 bridgehead atoms. The van der Waals surface area contributed by atoms with Gasteiger partial charge in [0.15, 0.2) is 17.3 Å². The highest BCUT2D eigenvalue weighted by atomic mass is 16.5. The van der Waals surface area contributed by atoms with E-state index in [0.717, 1.165) is 31.2 Å². The zero-order valence-electron chi connectivity index (χ0n) is 21.6. The molecule has 1 N–H and O–H groups in total. The fourth-order valence-corrected chi connectivity index (χ4v) is 4.77. The zero-order chi connectivity index (χ0) is 26.2. The molecule has 8 heteroatoms. The largest absolute Gasteiger partial charge is 0.497 e. The number of nitrogens with one attached hydrogen (secondary N) is 1. The first-order valence-corrected chi connectivity index (χ1v) is 12.5. The Balaban J connectivity index is 1.76. The minimum atomic E-state index is -0.929. The lowest BCUT2D eigenvalue weighted by atomic mass is 9.94. The third-order valence-electron chi connectivity index (χ3n) is 6.74. The summed E-state index contributed by atoms with van der Waals surface area (Å²) in [5.41, 5.74) is 1.45. The van der Waals surface area contributed by atoms with Crippen molar-refractivity contribution in [1.29, 1.82) is 0 Å². The van der Waals surface area contributed by atoms with Gasteiger partial charge in [0.25, 0.3) is 5.91 Å². The van der Waals surface area contributed by atoms with Crippen molar-refractivity contribution in [2.75, 3.05) is 21.3 Å². The van der Waals surface area contributed by atoms with Gasteiger partial charge >= 0.3 is 0 Å². The molecule has 1 aliphatic carbocycles. The Labute approximate surface area is 217 Å². The number of carbonyl (C=O) groups excluding carboxylic acids is 2. The van der Waals surface area contributed by atoms with Crippen LogP contribution in [-0.4, -0.2) is 44.1 Å². The Morgan fingerprint density at radius 1 is 0.946 bits per heavy atom. The van der Waals surface area contributed by atoms with Crippen LogP contribution in [0.5, 0.6) is 17.2 Å². The first-order valence-electron chi connectivity index (χ1n) is 12.5. The van der Waals surface area contributed by atoms with Crippen LogP contribution < -0.4 is 19.5 Å². The third kappa shape index (κ3) is 6.25. The maximum Gasteiger partial charge on any atom is 0.290 e. The molecule has 8 nitrogen and oxygen atoms in total. The smallest absolute Gasteiger partial charge is 0.290 e. The van der Waals surface area contributed by atoms with Crippen LogP contribution >= 0.6 is 0 Å². The first kappa shape index (κ1) is 26.1. The Hall–Kier alpha value is -3.94. The van der Waals surface area contributed by atoms with Crippen LogP contribution in [0.4, 0.5) is 0 Å². The summed E-state index contributed by atoms with van der Waals surface area (Å²) in [4.78, 5) is 29.3. The highest BCUT2D eigenvalue weighted by Gasteiger charge is 2.35. The van der Waals surface area contributed by atoms with Crippen molar-refractivity contribution in [2.24, 2.45) is 0 Å². The molecule has 0 aliphatic heterocycles. The van der Waals surface area contributed by atoms with E-state index in [2.05, 4.69) is 5.32 Å². The molecule has 196 valence electrons. The second-order valence-electron chi connectivity index (χ2n) is 9.12. The number of methoxy groups -OCH3 is 3. The molecule has 2 aromatic carbocycles. The molecule has 1 aliphatic rings. The monoisotopic (exact) mass is 506 g/mol. The first-order chi connectivity index (χ1) is 18.0. The van der Waals surface area contributed by atoms with Gasteiger partial charge in [-0.05, 0) is 60.4 Å². The highest BCUT2D eigenvalue weighted by molar-refractivity contribution is 5.96. The Morgan fingerprint density at radius 2 is 1.68 bits per heavy atom. The molecule has 1 aromatic heterocycles. The van der Waals surface area contributed by atoms with Crippen LogP contribution in [0.15, 0.2) is 65.3 Å². The van der Waals surface area contributed by atoms with Crippen molar-refractivity contribution in [3.8, 4) is 17.2 Å². The van der Waals surface area contributed by atoms with Crippen molar-refractivity contribution in [3.05, 3.63) is 77.7 Å². The lowest BCUT2D eigenvalue weighted by Crippen LogP contribution is -2.46. The molecule has 0 unspecified atom stereocenters. The molecule has 1 saturated carbocycles. The van der Waals surface area contributed by atoms with Gasteiger partial charge in [-0.15, -0.1) is 0 Å². The van der Waals surface area contributed by atoms with Gasteiger partial charge in [-0.1, -0.05) is 37.5 Å². The number of rotatable bonds is 10. The van der Waals surface area contributed by atoms with Crippen LogP contribution in [0.1, 0.15) is 59.8 Å². The summed E-state index contributed by atoms with van der Waals surface area (Å²) in [5, 5.41) is 3.21. The van der Waals surface area contributed by atoms with E-state index in [1.807, 2.05) is 24.3 Å². The Bertz CT molecular complexity index is 1170. The minimum Gasteiger partial charge on any atom is -0.497 e. The summed E-state index contributed by atoms with van der Waals surface area (Å²) in [6.45, 7) is 0.181. The van der Waals surface area contributed by atoms with Gasteiger partial charge in [0, 0.05) is 12.6 Å². The molecule has 4 rings (SSSR count). The van der Waals surface area contributed by atoms with Crippen molar-refractivity contribution in [2.45, 2.75) is 50.7 Å². The van der Waals surface area contributed by atoms with Gasteiger partial charge in [0.05, 0.1) is 27.6 Å². The molecule has 0 radical (unpaired) electrons. The van der Waals surface area contributed by atoms with Gasteiger partial charge < -0.3 is 28.8 Å². The summed E-state index contributed by atoms with van der Waals surface area (Å²) >= 11 is 0. The van der Waals surface area contributed by atoms with E-state index in [9.17, 15) is 9.59 Å². The SMILES string of the molecule is COc1ccc(CN(C(=O)c2ccco2)[C@@H](C(=O)NC2CCCCC2)c2ccc(OC)c(OC)c2)cc1. The van der Waals surface area contributed by atoms with E-state index < -0.39 is 6.04 Å². The summed E-state index contributed by atoms with van der Waals surface area (Å²) < 4.78 is 21.7. The average Bonchev–Trinajstić information content (AvgIpc) is 3.48. The van der Waals surface area contributed by atoms with Gasteiger partial charge in [-0.3, -0.25) is 9.59 Å².